The lowest BCUT2D eigenvalue weighted by atomic mass is 9.98. The normalized spacial score (nSPS) is 12.7. The van der Waals surface area contributed by atoms with E-state index in [1.54, 1.807) is 6.07 Å². The molecule has 0 bridgehead atoms. The van der Waals surface area contributed by atoms with Gasteiger partial charge in [0.05, 0.1) is 4.90 Å². The van der Waals surface area contributed by atoms with Gasteiger partial charge in [-0.3, -0.25) is 0 Å². The highest BCUT2D eigenvalue weighted by Crippen LogP contribution is 2.19. The SMILES string of the molecule is CCNCc1ccc(C)c(S(=O)(=O)NCC(C)(C)C)c1. The minimum atomic E-state index is -3.45. The first-order valence-corrected chi connectivity index (χ1v) is 8.44. The van der Waals surface area contributed by atoms with Gasteiger partial charge in [-0.25, -0.2) is 13.1 Å². The van der Waals surface area contributed by atoms with E-state index in [1.165, 1.54) is 0 Å². The molecule has 0 saturated carbocycles. The van der Waals surface area contributed by atoms with Gasteiger partial charge in [0.1, 0.15) is 0 Å². The van der Waals surface area contributed by atoms with Gasteiger partial charge < -0.3 is 5.32 Å². The largest absolute Gasteiger partial charge is 0.313 e. The fourth-order valence-electron chi connectivity index (χ4n) is 1.70. The molecule has 0 radical (unpaired) electrons. The van der Waals surface area contributed by atoms with Crippen molar-refractivity contribution in [3.05, 3.63) is 29.3 Å². The van der Waals surface area contributed by atoms with Crippen molar-refractivity contribution in [3.8, 4) is 0 Å². The Labute approximate surface area is 123 Å². The van der Waals surface area contributed by atoms with Gasteiger partial charge in [0.2, 0.25) is 10.0 Å². The maximum Gasteiger partial charge on any atom is 0.240 e. The Balaban J connectivity index is 2.98. The topological polar surface area (TPSA) is 58.2 Å². The molecular formula is C15H26N2O2S. The van der Waals surface area contributed by atoms with Crippen LogP contribution in [0.1, 0.15) is 38.8 Å². The fraction of sp³-hybridized carbons (Fsp3) is 0.600. The third-order valence-electron chi connectivity index (χ3n) is 2.91. The molecule has 0 spiro atoms. The number of nitrogens with one attached hydrogen (secondary N) is 2. The Morgan fingerprint density at radius 2 is 1.85 bits per heavy atom. The number of hydrogen-bond acceptors (Lipinski definition) is 3. The second-order valence-corrected chi connectivity index (χ2v) is 8.00. The van der Waals surface area contributed by atoms with E-state index in [-0.39, 0.29) is 5.41 Å². The van der Waals surface area contributed by atoms with Gasteiger partial charge in [0.25, 0.3) is 0 Å². The van der Waals surface area contributed by atoms with Crippen molar-refractivity contribution < 1.29 is 8.42 Å². The molecule has 0 aliphatic carbocycles. The van der Waals surface area contributed by atoms with E-state index in [9.17, 15) is 8.42 Å². The quantitative estimate of drug-likeness (QED) is 0.848. The van der Waals surface area contributed by atoms with Crippen molar-refractivity contribution in [1.82, 2.24) is 10.0 Å². The van der Waals surface area contributed by atoms with Gasteiger partial charge in [0, 0.05) is 13.1 Å². The summed E-state index contributed by atoms with van der Waals surface area (Å²) in [7, 11) is -3.45. The zero-order valence-electron chi connectivity index (χ0n) is 13.1. The lowest BCUT2D eigenvalue weighted by Gasteiger charge is -2.19. The van der Waals surface area contributed by atoms with E-state index in [1.807, 2.05) is 46.8 Å². The third kappa shape index (κ3) is 5.23. The first-order valence-electron chi connectivity index (χ1n) is 6.95. The summed E-state index contributed by atoms with van der Waals surface area (Å²) in [6.45, 7) is 11.8. The molecule has 114 valence electrons. The standard InChI is InChI=1S/C15H26N2O2S/c1-6-16-10-13-8-7-12(2)14(9-13)20(18,19)17-11-15(3,4)5/h7-9,16-17H,6,10-11H2,1-5H3. The average Bonchev–Trinajstić information content (AvgIpc) is 2.34. The van der Waals surface area contributed by atoms with E-state index in [0.29, 0.717) is 18.0 Å². The number of rotatable bonds is 6. The summed E-state index contributed by atoms with van der Waals surface area (Å²) >= 11 is 0. The molecule has 0 fully saturated rings. The molecule has 0 atom stereocenters. The molecule has 1 aromatic carbocycles. The fourth-order valence-corrected chi connectivity index (χ4v) is 3.28. The van der Waals surface area contributed by atoms with Gasteiger partial charge >= 0.3 is 0 Å². The molecule has 0 aliphatic rings. The summed E-state index contributed by atoms with van der Waals surface area (Å²) in [6.07, 6.45) is 0. The Kier molecular flexibility index (Phi) is 5.74. The van der Waals surface area contributed by atoms with Crippen LogP contribution in [0.2, 0.25) is 0 Å². The summed E-state index contributed by atoms with van der Waals surface area (Å²) in [5, 5.41) is 3.20. The van der Waals surface area contributed by atoms with Crippen LogP contribution in [0.4, 0.5) is 0 Å². The zero-order chi connectivity index (χ0) is 15.4. The highest BCUT2D eigenvalue weighted by Gasteiger charge is 2.20. The first kappa shape index (κ1) is 17.1. The Bertz CT molecular complexity index is 545. The van der Waals surface area contributed by atoms with Crippen LogP contribution in [0.5, 0.6) is 0 Å². The predicted molar refractivity (Wildman–Crippen MR) is 83.2 cm³/mol. The minimum absolute atomic E-state index is 0.0810. The molecule has 20 heavy (non-hydrogen) atoms. The van der Waals surface area contributed by atoms with Crippen LogP contribution >= 0.6 is 0 Å². The molecule has 0 aromatic heterocycles. The van der Waals surface area contributed by atoms with Crippen LogP contribution in [0.3, 0.4) is 0 Å². The maximum absolute atomic E-state index is 12.4. The summed E-state index contributed by atoms with van der Waals surface area (Å²) in [5.41, 5.74) is 1.67. The van der Waals surface area contributed by atoms with Crippen molar-refractivity contribution in [2.24, 2.45) is 5.41 Å². The van der Waals surface area contributed by atoms with E-state index >= 15 is 0 Å². The summed E-state index contributed by atoms with van der Waals surface area (Å²) in [4.78, 5) is 0.372. The molecule has 0 heterocycles. The van der Waals surface area contributed by atoms with Gasteiger partial charge in [-0.05, 0) is 36.1 Å². The lowest BCUT2D eigenvalue weighted by Crippen LogP contribution is -2.32. The summed E-state index contributed by atoms with van der Waals surface area (Å²) in [6, 6.07) is 5.57. The van der Waals surface area contributed by atoms with E-state index < -0.39 is 10.0 Å². The Morgan fingerprint density at radius 1 is 1.20 bits per heavy atom. The summed E-state index contributed by atoms with van der Waals surface area (Å²) < 4.78 is 27.5. The molecular weight excluding hydrogens is 272 g/mol. The average molecular weight is 298 g/mol. The second kappa shape index (κ2) is 6.70. The second-order valence-electron chi connectivity index (χ2n) is 6.27. The molecule has 5 heteroatoms. The molecule has 0 unspecified atom stereocenters. The van der Waals surface area contributed by atoms with Crippen molar-refractivity contribution >= 4 is 10.0 Å². The van der Waals surface area contributed by atoms with Gasteiger partial charge in [-0.15, -0.1) is 0 Å². The lowest BCUT2D eigenvalue weighted by molar-refractivity contribution is 0.407. The predicted octanol–water partition coefficient (Wildman–Crippen LogP) is 2.43. The maximum atomic E-state index is 12.4. The zero-order valence-corrected chi connectivity index (χ0v) is 13.9. The van der Waals surface area contributed by atoms with E-state index in [4.69, 9.17) is 0 Å². The van der Waals surface area contributed by atoms with Crippen LogP contribution in [0.15, 0.2) is 23.1 Å². The highest BCUT2D eigenvalue weighted by atomic mass is 32.2. The van der Waals surface area contributed by atoms with Crippen LogP contribution in [0, 0.1) is 12.3 Å². The molecule has 0 amide bonds. The van der Waals surface area contributed by atoms with Gasteiger partial charge in [-0.1, -0.05) is 39.8 Å². The molecule has 0 saturated heterocycles. The van der Waals surface area contributed by atoms with Crippen LogP contribution < -0.4 is 10.0 Å². The van der Waals surface area contributed by atoms with Gasteiger partial charge in [0.15, 0.2) is 0 Å². The van der Waals surface area contributed by atoms with Crippen LogP contribution in [-0.4, -0.2) is 21.5 Å². The van der Waals surface area contributed by atoms with Crippen molar-refractivity contribution in [2.45, 2.75) is 46.1 Å². The first-order chi connectivity index (χ1) is 9.15. The molecule has 4 nitrogen and oxygen atoms in total. The van der Waals surface area contributed by atoms with E-state index in [2.05, 4.69) is 10.0 Å². The number of sulfonamides is 1. The Hall–Kier alpha value is -0.910. The van der Waals surface area contributed by atoms with Crippen LogP contribution in [-0.2, 0) is 16.6 Å². The van der Waals surface area contributed by atoms with Gasteiger partial charge in [-0.2, -0.15) is 0 Å². The number of aryl methyl sites for hydroxylation is 1. The van der Waals surface area contributed by atoms with Crippen molar-refractivity contribution in [3.63, 3.8) is 0 Å². The molecule has 0 aliphatic heterocycles. The van der Waals surface area contributed by atoms with E-state index in [0.717, 1.165) is 17.7 Å². The minimum Gasteiger partial charge on any atom is -0.313 e. The van der Waals surface area contributed by atoms with Crippen molar-refractivity contribution in [1.29, 1.82) is 0 Å². The molecule has 1 rings (SSSR count). The third-order valence-corrected chi connectivity index (χ3v) is 4.46. The number of benzene rings is 1. The van der Waals surface area contributed by atoms with Crippen molar-refractivity contribution in [2.75, 3.05) is 13.1 Å². The molecule has 2 N–H and O–H groups in total. The summed E-state index contributed by atoms with van der Waals surface area (Å²) in [5.74, 6) is 0. The highest BCUT2D eigenvalue weighted by molar-refractivity contribution is 7.89. The molecule has 1 aromatic rings. The Morgan fingerprint density at radius 3 is 2.40 bits per heavy atom. The van der Waals surface area contributed by atoms with Crippen LogP contribution in [0.25, 0.3) is 0 Å². The number of hydrogen-bond donors (Lipinski definition) is 2. The monoisotopic (exact) mass is 298 g/mol. The smallest absolute Gasteiger partial charge is 0.240 e.